The van der Waals surface area contributed by atoms with Gasteiger partial charge in [0.2, 0.25) is 11.8 Å². The van der Waals surface area contributed by atoms with E-state index in [1.54, 1.807) is 17.8 Å². The van der Waals surface area contributed by atoms with Gasteiger partial charge in [-0.25, -0.2) is 0 Å². The van der Waals surface area contributed by atoms with Crippen molar-refractivity contribution in [3.63, 3.8) is 0 Å². The number of benzene rings is 2. The lowest BCUT2D eigenvalue weighted by Gasteiger charge is -2.09. The molecule has 0 atom stereocenters. The molecule has 0 radical (unpaired) electrons. The Bertz CT molecular complexity index is 772. The van der Waals surface area contributed by atoms with Crippen LogP contribution >= 0.6 is 11.8 Å². The molecule has 0 bridgehead atoms. The molecule has 2 amide bonds. The molecule has 0 unspecified atom stereocenters. The lowest BCUT2D eigenvalue weighted by molar-refractivity contribution is -0.117. The molecule has 3 rings (SSSR count). The van der Waals surface area contributed by atoms with Crippen LogP contribution in [0.1, 0.15) is 24.0 Å². The zero-order chi connectivity index (χ0) is 17.6. The van der Waals surface area contributed by atoms with E-state index in [1.165, 1.54) is 11.1 Å². The molecule has 5 heteroatoms. The van der Waals surface area contributed by atoms with E-state index in [2.05, 4.69) is 35.8 Å². The van der Waals surface area contributed by atoms with Crippen molar-refractivity contribution in [3.05, 3.63) is 59.7 Å². The number of hydrogen-bond donors (Lipinski definition) is 2. The highest BCUT2D eigenvalue weighted by Crippen LogP contribution is 2.30. The predicted molar refractivity (Wildman–Crippen MR) is 104 cm³/mol. The normalized spacial score (nSPS) is 13.3. The van der Waals surface area contributed by atoms with Gasteiger partial charge in [-0.2, -0.15) is 0 Å². The Balaban J connectivity index is 1.46. The van der Waals surface area contributed by atoms with Crippen LogP contribution in [0.3, 0.4) is 0 Å². The molecule has 1 saturated carbocycles. The molecule has 2 aromatic carbocycles. The molecule has 2 aromatic rings. The average molecular weight is 354 g/mol. The van der Waals surface area contributed by atoms with Crippen LogP contribution in [0.2, 0.25) is 0 Å². The highest BCUT2D eigenvalue weighted by molar-refractivity contribution is 7.99. The van der Waals surface area contributed by atoms with Crippen molar-refractivity contribution in [3.8, 4) is 0 Å². The summed E-state index contributed by atoms with van der Waals surface area (Å²) in [6.07, 6.45) is 1.95. The summed E-state index contributed by atoms with van der Waals surface area (Å²) in [4.78, 5) is 23.9. The van der Waals surface area contributed by atoms with Gasteiger partial charge in [0.05, 0.1) is 5.75 Å². The van der Waals surface area contributed by atoms with Gasteiger partial charge in [0.1, 0.15) is 0 Å². The molecule has 1 aliphatic rings. The molecule has 0 aliphatic heterocycles. The SMILES string of the molecule is Cc1cccc(CSCC(=O)Nc2cccc(NC(=O)C3CC3)c2)c1. The number of carbonyl (C=O) groups excluding carboxylic acids is 2. The minimum Gasteiger partial charge on any atom is -0.326 e. The molecular formula is C20H22N2O2S. The van der Waals surface area contributed by atoms with Crippen molar-refractivity contribution < 1.29 is 9.59 Å². The molecule has 0 saturated heterocycles. The second-order valence-corrected chi connectivity index (χ2v) is 7.36. The van der Waals surface area contributed by atoms with Crippen LogP contribution in [0, 0.1) is 12.8 Å². The van der Waals surface area contributed by atoms with Crippen molar-refractivity contribution >= 4 is 35.0 Å². The number of aryl methyl sites for hydroxylation is 1. The van der Waals surface area contributed by atoms with E-state index in [1.807, 2.05) is 24.3 Å². The van der Waals surface area contributed by atoms with E-state index < -0.39 is 0 Å². The van der Waals surface area contributed by atoms with Gasteiger partial charge in [0.15, 0.2) is 0 Å². The maximum atomic E-state index is 12.1. The summed E-state index contributed by atoms with van der Waals surface area (Å²) in [6, 6.07) is 15.6. The molecule has 130 valence electrons. The van der Waals surface area contributed by atoms with Gasteiger partial charge in [-0.15, -0.1) is 11.8 Å². The van der Waals surface area contributed by atoms with Crippen molar-refractivity contribution in [2.24, 2.45) is 5.92 Å². The van der Waals surface area contributed by atoms with Crippen LogP contribution in [-0.4, -0.2) is 17.6 Å². The summed E-state index contributed by atoms with van der Waals surface area (Å²) < 4.78 is 0. The van der Waals surface area contributed by atoms with Crippen LogP contribution < -0.4 is 10.6 Å². The molecule has 4 nitrogen and oxygen atoms in total. The highest BCUT2D eigenvalue weighted by Gasteiger charge is 2.29. The topological polar surface area (TPSA) is 58.2 Å². The summed E-state index contributed by atoms with van der Waals surface area (Å²) >= 11 is 1.59. The van der Waals surface area contributed by atoms with Crippen LogP contribution in [0.4, 0.5) is 11.4 Å². The molecule has 25 heavy (non-hydrogen) atoms. The van der Waals surface area contributed by atoms with Crippen LogP contribution in [0.15, 0.2) is 48.5 Å². The van der Waals surface area contributed by atoms with Crippen molar-refractivity contribution in [1.29, 1.82) is 0 Å². The Kier molecular flexibility index (Phi) is 5.76. The fourth-order valence-electron chi connectivity index (χ4n) is 2.53. The van der Waals surface area contributed by atoms with Gasteiger partial charge in [0.25, 0.3) is 0 Å². The van der Waals surface area contributed by atoms with Gasteiger partial charge in [-0.1, -0.05) is 35.9 Å². The molecule has 1 aliphatic carbocycles. The van der Waals surface area contributed by atoms with Crippen LogP contribution in [0.5, 0.6) is 0 Å². The lowest BCUT2D eigenvalue weighted by Crippen LogP contribution is -2.15. The van der Waals surface area contributed by atoms with Crippen molar-refractivity contribution in [1.82, 2.24) is 0 Å². The summed E-state index contributed by atoms with van der Waals surface area (Å²) in [6.45, 7) is 2.07. The van der Waals surface area contributed by atoms with Gasteiger partial charge in [-0.3, -0.25) is 9.59 Å². The van der Waals surface area contributed by atoms with E-state index in [9.17, 15) is 9.59 Å². The maximum absolute atomic E-state index is 12.1. The summed E-state index contributed by atoms with van der Waals surface area (Å²) in [5.74, 6) is 1.40. The fourth-order valence-corrected chi connectivity index (χ4v) is 3.30. The standard InChI is InChI=1S/C20H22N2O2S/c1-14-4-2-5-15(10-14)12-25-13-19(23)21-17-6-3-7-18(11-17)22-20(24)16-8-9-16/h2-7,10-11,16H,8-9,12-13H2,1H3,(H,21,23)(H,22,24). The van der Waals surface area contributed by atoms with Gasteiger partial charge in [0, 0.05) is 23.0 Å². The first-order chi connectivity index (χ1) is 12.1. The first-order valence-electron chi connectivity index (χ1n) is 8.44. The smallest absolute Gasteiger partial charge is 0.234 e. The van der Waals surface area contributed by atoms with Crippen molar-refractivity contribution in [2.75, 3.05) is 16.4 Å². The van der Waals surface area contributed by atoms with E-state index in [0.29, 0.717) is 11.4 Å². The summed E-state index contributed by atoms with van der Waals surface area (Å²) in [5.41, 5.74) is 3.88. The molecule has 2 N–H and O–H groups in total. The first kappa shape index (κ1) is 17.5. The monoisotopic (exact) mass is 354 g/mol. The number of anilines is 2. The van der Waals surface area contributed by atoms with E-state index in [0.717, 1.165) is 24.3 Å². The number of hydrogen-bond acceptors (Lipinski definition) is 3. The minimum absolute atomic E-state index is 0.0386. The number of amides is 2. The van der Waals surface area contributed by atoms with E-state index >= 15 is 0 Å². The number of carbonyl (C=O) groups is 2. The molecule has 0 spiro atoms. The number of nitrogens with one attached hydrogen (secondary N) is 2. The third kappa shape index (κ3) is 5.64. The third-order valence-corrected chi connectivity index (χ3v) is 4.95. The molecule has 1 fully saturated rings. The first-order valence-corrected chi connectivity index (χ1v) is 9.60. The third-order valence-electron chi connectivity index (χ3n) is 3.95. The summed E-state index contributed by atoms with van der Waals surface area (Å²) in [7, 11) is 0. The van der Waals surface area contributed by atoms with Gasteiger partial charge >= 0.3 is 0 Å². The predicted octanol–water partition coefficient (Wildman–Crippen LogP) is 4.22. The molecule has 0 heterocycles. The lowest BCUT2D eigenvalue weighted by atomic mass is 10.2. The second-order valence-electron chi connectivity index (χ2n) is 6.37. The number of rotatable bonds is 7. The highest BCUT2D eigenvalue weighted by atomic mass is 32.2. The Morgan fingerprint density at radius 3 is 2.48 bits per heavy atom. The fraction of sp³-hybridized carbons (Fsp3) is 0.300. The average Bonchev–Trinajstić information content (AvgIpc) is 3.40. The van der Waals surface area contributed by atoms with Crippen LogP contribution in [-0.2, 0) is 15.3 Å². The maximum Gasteiger partial charge on any atom is 0.234 e. The minimum atomic E-state index is -0.0386. The molecule has 0 aromatic heterocycles. The number of thioether (sulfide) groups is 1. The molecular weight excluding hydrogens is 332 g/mol. The van der Waals surface area contributed by atoms with Crippen molar-refractivity contribution in [2.45, 2.75) is 25.5 Å². The van der Waals surface area contributed by atoms with Crippen LogP contribution in [0.25, 0.3) is 0 Å². The summed E-state index contributed by atoms with van der Waals surface area (Å²) in [5, 5.41) is 5.78. The largest absolute Gasteiger partial charge is 0.326 e. The van der Waals surface area contributed by atoms with E-state index in [-0.39, 0.29) is 17.7 Å². The second kappa shape index (κ2) is 8.21. The Labute approximate surface area is 152 Å². The Morgan fingerprint density at radius 1 is 1.04 bits per heavy atom. The zero-order valence-electron chi connectivity index (χ0n) is 14.2. The Morgan fingerprint density at radius 2 is 1.76 bits per heavy atom. The van der Waals surface area contributed by atoms with Gasteiger partial charge < -0.3 is 10.6 Å². The quantitative estimate of drug-likeness (QED) is 0.783. The van der Waals surface area contributed by atoms with E-state index in [4.69, 9.17) is 0 Å². The Hall–Kier alpha value is -2.27. The van der Waals surface area contributed by atoms with Gasteiger partial charge in [-0.05, 0) is 43.5 Å². The zero-order valence-corrected chi connectivity index (χ0v) is 15.1.